The Morgan fingerprint density at radius 2 is 2.00 bits per heavy atom. The summed E-state index contributed by atoms with van der Waals surface area (Å²) in [5, 5.41) is 0. The molecule has 0 amide bonds. The van der Waals surface area contributed by atoms with Crippen LogP contribution >= 0.6 is 0 Å². The zero-order valence-corrected chi connectivity index (χ0v) is 8.54. The lowest BCUT2D eigenvalue weighted by molar-refractivity contribution is 0.140. The molecule has 1 saturated heterocycles. The van der Waals surface area contributed by atoms with E-state index in [4.69, 9.17) is 4.74 Å². The lowest BCUT2D eigenvalue weighted by Crippen LogP contribution is -2.44. The second-order valence-corrected chi connectivity index (χ2v) is 3.54. The van der Waals surface area contributed by atoms with E-state index < -0.39 is 0 Å². The molecule has 0 radical (unpaired) electrons. The normalized spacial score (nSPS) is 20.1. The third-order valence-corrected chi connectivity index (χ3v) is 2.45. The fourth-order valence-electron chi connectivity index (χ4n) is 1.53. The fraction of sp³-hybridized carbons (Fsp3) is 0.800. The molecule has 0 saturated carbocycles. The lowest BCUT2D eigenvalue weighted by atomic mass is 10.3. The summed E-state index contributed by atoms with van der Waals surface area (Å²) in [5.74, 6) is 0. The Hall–Kier alpha value is -0.540. The monoisotopic (exact) mass is 184 g/mol. The van der Waals surface area contributed by atoms with Gasteiger partial charge in [-0.05, 0) is 13.5 Å². The van der Waals surface area contributed by atoms with Gasteiger partial charge in [-0.3, -0.25) is 0 Å². The number of rotatable bonds is 5. The minimum absolute atomic E-state index is 0.801. The Bertz CT molecular complexity index is 142. The highest BCUT2D eigenvalue weighted by molar-refractivity contribution is 4.68. The summed E-state index contributed by atoms with van der Waals surface area (Å²) in [6, 6.07) is 0. The minimum Gasteiger partial charge on any atom is -0.502 e. The summed E-state index contributed by atoms with van der Waals surface area (Å²) in [4.78, 5) is 4.86. The summed E-state index contributed by atoms with van der Waals surface area (Å²) in [6.45, 7) is 10.3. The summed E-state index contributed by atoms with van der Waals surface area (Å²) in [6.07, 6.45) is 2.62. The molecule has 0 N–H and O–H groups in total. The summed E-state index contributed by atoms with van der Waals surface area (Å²) >= 11 is 0. The maximum atomic E-state index is 5.07. The highest BCUT2D eigenvalue weighted by Crippen LogP contribution is 1.99. The van der Waals surface area contributed by atoms with Gasteiger partial charge in [-0.15, -0.1) is 0 Å². The molecule has 0 aromatic carbocycles. The third kappa shape index (κ3) is 4.29. The molecule has 1 heterocycles. The quantitative estimate of drug-likeness (QED) is 0.464. The Morgan fingerprint density at radius 1 is 1.31 bits per heavy atom. The average Bonchev–Trinajstić information content (AvgIpc) is 2.15. The number of ether oxygens (including phenoxy) is 1. The first-order valence-electron chi connectivity index (χ1n) is 4.96. The van der Waals surface area contributed by atoms with E-state index in [1.165, 1.54) is 32.4 Å². The van der Waals surface area contributed by atoms with Crippen LogP contribution < -0.4 is 0 Å². The molecule has 1 rings (SSSR count). The minimum atomic E-state index is 0.801. The molecule has 3 heteroatoms. The highest BCUT2D eigenvalue weighted by atomic mass is 16.5. The van der Waals surface area contributed by atoms with E-state index in [1.807, 2.05) is 0 Å². The Balaban J connectivity index is 1.99. The van der Waals surface area contributed by atoms with Crippen molar-refractivity contribution >= 4 is 0 Å². The van der Waals surface area contributed by atoms with Crippen LogP contribution in [0.25, 0.3) is 0 Å². The van der Waals surface area contributed by atoms with Crippen molar-refractivity contribution in [3.05, 3.63) is 12.8 Å². The lowest BCUT2D eigenvalue weighted by Gasteiger charge is -2.32. The van der Waals surface area contributed by atoms with E-state index in [-0.39, 0.29) is 0 Å². The molecule has 1 fully saturated rings. The van der Waals surface area contributed by atoms with Crippen molar-refractivity contribution in [3.63, 3.8) is 0 Å². The zero-order chi connectivity index (χ0) is 9.52. The van der Waals surface area contributed by atoms with Gasteiger partial charge in [0, 0.05) is 32.7 Å². The highest BCUT2D eigenvalue weighted by Gasteiger charge is 2.12. The van der Waals surface area contributed by atoms with Crippen molar-refractivity contribution in [1.82, 2.24) is 9.80 Å². The van der Waals surface area contributed by atoms with Gasteiger partial charge >= 0.3 is 0 Å². The van der Waals surface area contributed by atoms with Gasteiger partial charge < -0.3 is 14.5 Å². The van der Waals surface area contributed by atoms with Crippen LogP contribution in [0.4, 0.5) is 0 Å². The molecule has 0 aromatic rings. The number of hydrogen-bond acceptors (Lipinski definition) is 3. The van der Waals surface area contributed by atoms with E-state index in [9.17, 15) is 0 Å². The number of piperazine rings is 1. The summed E-state index contributed by atoms with van der Waals surface area (Å²) in [7, 11) is 2.18. The second-order valence-electron chi connectivity index (χ2n) is 3.54. The van der Waals surface area contributed by atoms with Gasteiger partial charge in [0.05, 0.1) is 12.9 Å². The van der Waals surface area contributed by atoms with Crippen molar-refractivity contribution in [1.29, 1.82) is 0 Å². The van der Waals surface area contributed by atoms with Crippen LogP contribution in [0.2, 0.25) is 0 Å². The molecular formula is C10H20N2O. The van der Waals surface area contributed by atoms with Crippen LogP contribution in [0.3, 0.4) is 0 Å². The standard InChI is InChI=1S/C10H20N2O/c1-3-13-10-4-5-12-8-6-11(2)7-9-12/h3H,1,4-10H2,2H3. The van der Waals surface area contributed by atoms with E-state index in [0.29, 0.717) is 0 Å². The van der Waals surface area contributed by atoms with Crippen LogP contribution in [0.5, 0.6) is 0 Å². The van der Waals surface area contributed by atoms with Gasteiger partial charge in [0.2, 0.25) is 0 Å². The van der Waals surface area contributed by atoms with Gasteiger partial charge in [-0.1, -0.05) is 6.58 Å². The molecule has 0 spiro atoms. The molecule has 1 aliphatic rings. The van der Waals surface area contributed by atoms with Crippen LogP contribution in [0.15, 0.2) is 12.8 Å². The van der Waals surface area contributed by atoms with Crippen LogP contribution in [-0.4, -0.2) is 56.2 Å². The van der Waals surface area contributed by atoms with Crippen molar-refractivity contribution < 1.29 is 4.74 Å². The van der Waals surface area contributed by atoms with Crippen LogP contribution in [0, 0.1) is 0 Å². The largest absolute Gasteiger partial charge is 0.502 e. The van der Waals surface area contributed by atoms with Gasteiger partial charge in [0.1, 0.15) is 0 Å². The van der Waals surface area contributed by atoms with Crippen molar-refractivity contribution in [2.75, 3.05) is 46.4 Å². The van der Waals surface area contributed by atoms with Crippen LogP contribution in [-0.2, 0) is 4.74 Å². The Labute approximate surface area is 81.0 Å². The Morgan fingerprint density at radius 3 is 2.62 bits per heavy atom. The van der Waals surface area contributed by atoms with Gasteiger partial charge in [0.25, 0.3) is 0 Å². The molecular weight excluding hydrogens is 164 g/mol. The molecule has 76 valence electrons. The average molecular weight is 184 g/mol. The van der Waals surface area contributed by atoms with Gasteiger partial charge in [0.15, 0.2) is 0 Å². The molecule has 0 bridgehead atoms. The summed E-state index contributed by atoms with van der Waals surface area (Å²) < 4.78 is 5.07. The van der Waals surface area contributed by atoms with Crippen molar-refractivity contribution in [3.8, 4) is 0 Å². The first kappa shape index (κ1) is 10.5. The predicted octanol–water partition coefficient (Wildman–Crippen LogP) is 0.784. The summed E-state index contributed by atoms with van der Waals surface area (Å²) in [5.41, 5.74) is 0. The second kappa shape index (κ2) is 6.00. The van der Waals surface area contributed by atoms with Crippen molar-refractivity contribution in [2.45, 2.75) is 6.42 Å². The van der Waals surface area contributed by atoms with E-state index in [1.54, 1.807) is 0 Å². The number of nitrogens with zero attached hydrogens (tertiary/aromatic N) is 2. The molecule has 0 atom stereocenters. The van der Waals surface area contributed by atoms with Crippen molar-refractivity contribution in [2.24, 2.45) is 0 Å². The first-order chi connectivity index (χ1) is 6.33. The Kier molecular flexibility index (Phi) is 4.86. The predicted molar refractivity (Wildman–Crippen MR) is 54.7 cm³/mol. The third-order valence-electron chi connectivity index (χ3n) is 2.45. The van der Waals surface area contributed by atoms with Crippen LogP contribution in [0.1, 0.15) is 6.42 Å². The molecule has 0 unspecified atom stereocenters. The smallest absolute Gasteiger partial charge is 0.0885 e. The van der Waals surface area contributed by atoms with Gasteiger partial charge in [-0.2, -0.15) is 0 Å². The topological polar surface area (TPSA) is 15.7 Å². The fourth-order valence-corrected chi connectivity index (χ4v) is 1.53. The number of likely N-dealkylation sites (N-methyl/N-ethyl adjacent to an activating group) is 1. The molecule has 0 aromatic heterocycles. The van der Waals surface area contributed by atoms with E-state index in [0.717, 1.165) is 19.6 Å². The maximum absolute atomic E-state index is 5.07. The molecule has 1 aliphatic heterocycles. The molecule has 0 aliphatic carbocycles. The van der Waals surface area contributed by atoms with E-state index >= 15 is 0 Å². The molecule has 13 heavy (non-hydrogen) atoms. The number of hydrogen-bond donors (Lipinski definition) is 0. The van der Waals surface area contributed by atoms with E-state index in [2.05, 4.69) is 23.4 Å². The molecule has 3 nitrogen and oxygen atoms in total. The first-order valence-corrected chi connectivity index (χ1v) is 4.96. The van der Waals surface area contributed by atoms with Gasteiger partial charge in [-0.25, -0.2) is 0 Å². The maximum Gasteiger partial charge on any atom is 0.0885 e. The zero-order valence-electron chi connectivity index (χ0n) is 8.54. The SMILES string of the molecule is C=COCCCN1CCN(C)CC1.